The molecule has 1 aromatic rings. The van der Waals surface area contributed by atoms with Crippen molar-refractivity contribution in [1.29, 1.82) is 0 Å². The third-order valence-electron chi connectivity index (χ3n) is 4.07. The molecule has 0 radical (unpaired) electrons. The molecule has 1 fully saturated rings. The molecule has 2 heterocycles. The van der Waals surface area contributed by atoms with Gasteiger partial charge in [-0.1, -0.05) is 13.8 Å². The van der Waals surface area contributed by atoms with E-state index in [4.69, 9.17) is 5.11 Å². The fourth-order valence-electron chi connectivity index (χ4n) is 2.90. The molecule has 0 amide bonds. The number of carboxylic acids is 1. The van der Waals surface area contributed by atoms with Crippen molar-refractivity contribution in [3.63, 3.8) is 0 Å². The van der Waals surface area contributed by atoms with Gasteiger partial charge in [-0.15, -0.1) is 5.10 Å². The molecule has 1 unspecified atom stereocenters. The molecule has 0 aromatic carbocycles. The number of aliphatic carboxylic acids is 1. The van der Waals surface area contributed by atoms with E-state index in [1.165, 1.54) is 0 Å². The summed E-state index contributed by atoms with van der Waals surface area (Å²) in [6.07, 6.45) is 5.78. The minimum absolute atomic E-state index is 0.197. The van der Waals surface area contributed by atoms with Crippen LogP contribution in [0.2, 0.25) is 0 Å². The summed E-state index contributed by atoms with van der Waals surface area (Å²) in [4.78, 5) is 17.6. The molecular formula is C15H24N4O2. The first-order valence-corrected chi connectivity index (χ1v) is 7.86. The van der Waals surface area contributed by atoms with E-state index in [1.54, 1.807) is 0 Å². The van der Waals surface area contributed by atoms with Gasteiger partial charge in [-0.2, -0.15) is 5.10 Å². The van der Waals surface area contributed by atoms with Crippen molar-refractivity contribution in [1.82, 2.24) is 15.2 Å². The summed E-state index contributed by atoms with van der Waals surface area (Å²) in [7, 11) is 0. The van der Waals surface area contributed by atoms with Crippen molar-refractivity contribution in [3.05, 3.63) is 11.4 Å². The van der Waals surface area contributed by atoms with E-state index in [-0.39, 0.29) is 12.5 Å². The van der Waals surface area contributed by atoms with Gasteiger partial charge in [-0.05, 0) is 38.5 Å². The van der Waals surface area contributed by atoms with Gasteiger partial charge in [-0.3, -0.25) is 4.79 Å². The lowest BCUT2D eigenvalue weighted by molar-refractivity contribution is -0.137. The Morgan fingerprint density at radius 1 is 1.24 bits per heavy atom. The molecule has 1 aromatic heterocycles. The van der Waals surface area contributed by atoms with Gasteiger partial charge in [0, 0.05) is 19.0 Å². The van der Waals surface area contributed by atoms with E-state index < -0.39 is 5.97 Å². The highest BCUT2D eigenvalue weighted by atomic mass is 16.4. The molecule has 0 saturated carbocycles. The standard InChI is InChI=1S/C15H24N4O2/c1-3-12-13(4-2)17-18-15(16-12)19-10-6-5-7-11(19)8-9-14(20)21/h11H,3-10H2,1-2H3,(H,20,21). The summed E-state index contributed by atoms with van der Waals surface area (Å²) in [5.74, 6) is -0.0747. The number of carbonyl (C=O) groups is 1. The summed E-state index contributed by atoms with van der Waals surface area (Å²) in [5.41, 5.74) is 1.96. The third-order valence-corrected chi connectivity index (χ3v) is 4.07. The average Bonchev–Trinajstić information content (AvgIpc) is 2.52. The van der Waals surface area contributed by atoms with Crippen LogP contribution in [0.5, 0.6) is 0 Å². The van der Waals surface area contributed by atoms with Gasteiger partial charge in [0.1, 0.15) is 0 Å². The molecule has 1 aliphatic heterocycles. The van der Waals surface area contributed by atoms with E-state index in [2.05, 4.69) is 33.9 Å². The highest BCUT2D eigenvalue weighted by Crippen LogP contribution is 2.25. The molecule has 21 heavy (non-hydrogen) atoms. The summed E-state index contributed by atoms with van der Waals surface area (Å²) in [6.45, 7) is 5.02. The van der Waals surface area contributed by atoms with Gasteiger partial charge in [0.05, 0.1) is 11.4 Å². The average molecular weight is 292 g/mol. The second-order valence-corrected chi connectivity index (χ2v) is 5.49. The van der Waals surface area contributed by atoms with Crippen LogP contribution in [-0.4, -0.2) is 38.8 Å². The Hall–Kier alpha value is -1.72. The van der Waals surface area contributed by atoms with Crippen LogP contribution in [0.25, 0.3) is 0 Å². The molecule has 0 aliphatic carbocycles. The highest BCUT2D eigenvalue weighted by Gasteiger charge is 2.26. The molecule has 0 spiro atoms. The van der Waals surface area contributed by atoms with E-state index in [0.717, 1.165) is 50.0 Å². The Morgan fingerprint density at radius 2 is 2.00 bits per heavy atom. The summed E-state index contributed by atoms with van der Waals surface area (Å²) < 4.78 is 0. The zero-order valence-electron chi connectivity index (χ0n) is 12.9. The molecule has 1 saturated heterocycles. The van der Waals surface area contributed by atoms with E-state index >= 15 is 0 Å². The monoisotopic (exact) mass is 292 g/mol. The van der Waals surface area contributed by atoms with Gasteiger partial charge >= 0.3 is 5.97 Å². The van der Waals surface area contributed by atoms with E-state index in [9.17, 15) is 4.79 Å². The summed E-state index contributed by atoms with van der Waals surface area (Å²) in [5, 5.41) is 17.5. The number of piperidine rings is 1. The van der Waals surface area contributed by atoms with Crippen LogP contribution in [0.3, 0.4) is 0 Å². The molecule has 1 aliphatic rings. The number of aryl methyl sites for hydroxylation is 2. The van der Waals surface area contributed by atoms with Crippen molar-refractivity contribution in [2.45, 2.75) is 64.8 Å². The highest BCUT2D eigenvalue weighted by molar-refractivity contribution is 5.66. The Labute approximate surface area is 125 Å². The lowest BCUT2D eigenvalue weighted by Gasteiger charge is -2.35. The lowest BCUT2D eigenvalue weighted by atomic mass is 9.98. The molecule has 0 bridgehead atoms. The predicted molar refractivity (Wildman–Crippen MR) is 80.4 cm³/mol. The Morgan fingerprint density at radius 3 is 2.67 bits per heavy atom. The quantitative estimate of drug-likeness (QED) is 0.866. The fraction of sp³-hybridized carbons (Fsp3) is 0.733. The number of nitrogens with zero attached hydrogens (tertiary/aromatic N) is 4. The first kappa shape index (κ1) is 15.7. The van der Waals surface area contributed by atoms with Gasteiger partial charge in [0.2, 0.25) is 5.95 Å². The van der Waals surface area contributed by atoms with Crippen LogP contribution in [-0.2, 0) is 17.6 Å². The summed E-state index contributed by atoms with van der Waals surface area (Å²) in [6, 6.07) is 0.217. The molecule has 1 atom stereocenters. The number of hydrogen-bond acceptors (Lipinski definition) is 5. The van der Waals surface area contributed by atoms with Crippen molar-refractivity contribution >= 4 is 11.9 Å². The zero-order valence-corrected chi connectivity index (χ0v) is 12.9. The lowest BCUT2D eigenvalue weighted by Crippen LogP contribution is -2.41. The van der Waals surface area contributed by atoms with Crippen molar-refractivity contribution in [2.75, 3.05) is 11.4 Å². The van der Waals surface area contributed by atoms with Crippen LogP contribution in [0.15, 0.2) is 0 Å². The van der Waals surface area contributed by atoms with Crippen LogP contribution >= 0.6 is 0 Å². The SMILES string of the molecule is CCc1nnc(N2CCCCC2CCC(=O)O)nc1CC. The Kier molecular flexibility index (Phi) is 5.47. The van der Waals surface area contributed by atoms with Crippen LogP contribution in [0, 0.1) is 0 Å². The van der Waals surface area contributed by atoms with Gasteiger partial charge < -0.3 is 10.0 Å². The maximum Gasteiger partial charge on any atom is 0.303 e. The Bertz CT molecular complexity index is 493. The maximum atomic E-state index is 10.8. The normalized spacial score (nSPS) is 18.8. The molecule has 6 nitrogen and oxygen atoms in total. The molecule has 1 N–H and O–H groups in total. The van der Waals surface area contributed by atoms with Crippen LogP contribution in [0.1, 0.15) is 57.3 Å². The van der Waals surface area contributed by atoms with Crippen molar-refractivity contribution < 1.29 is 9.90 Å². The molecular weight excluding hydrogens is 268 g/mol. The van der Waals surface area contributed by atoms with Crippen molar-refractivity contribution in [3.8, 4) is 0 Å². The molecule has 2 rings (SSSR count). The Balaban J connectivity index is 2.18. The second kappa shape index (κ2) is 7.33. The fourth-order valence-corrected chi connectivity index (χ4v) is 2.90. The first-order chi connectivity index (χ1) is 10.2. The zero-order chi connectivity index (χ0) is 15.2. The van der Waals surface area contributed by atoms with Gasteiger partial charge in [0.25, 0.3) is 0 Å². The third kappa shape index (κ3) is 3.89. The minimum Gasteiger partial charge on any atom is -0.481 e. The molecule has 6 heteroatoms. The second-order valence-electron chi connectivity index (χ2n) is 5.49. The maximum absolute atomic E-state index is 10.8. The van der Waals surface area contributed by atoms with Crippen LogP contribution < -0.4 is 4.90 Å². The van der Waals surface area contributed by atoms with Gasteiger partial charge in [-0.25, -0.2) is 4.98 Å². The van der Waals surface area contributed by atoms with E-state index in [0.29, 0.717) is 12.4 Å². The first-order valence-electron chi connectivity index (χ1n) is 7.86. The topological polar surface area (TPSA) is 79.2 Å². The van der Waals surface area contributed by atoms with Crippen LogP contribution in [0.4, 0.5) is 5.95 Å². The number of aromatic nitrogens is 3. The largest absolute Gasteiger partial charge is 0.481 e. The van der Waals surface area contributed by atoms with Gasteiger partial charge in [0.15, 0.2) is 0 Å². The van der Waals surface area contributed by atoms with E-state index in [1.807, 2.05) is 0 Å². The number of hydrogen-bond donors (Lipinski definition) is 1. The minimum atomic E-state index is -0.741. The number of anilines is 1. The summed E-state index contributed by atoms with van der Waals surface area (Å²) >= 11 is 0. The number of rotatable bonds is 6. The predicted octanol–water partition coefficient (Wildman–Crippen LogP) is 2.22. The smallest absolute Gasteiger partial charge is 0.303 e. The number of carboxylic acid groups (broad SMARTS) is 1. The van der Waals surface area contributed by atoms with Crippen molar-refractivity contribution in [2.24, 2.45) is 0 Å². The molecule has 116 valence electrons.